The van der Waals surface area contributed by atoms with Crippen LogP contribution in [0.4, 0.5) is 0 Å². The van der Waals surface area contributed by atoms with Gasteiger partial charge in [-0.15, -0.1) is 0 Å². The van der Waals surface area contributed by atoms with E-state index in [9.17, 15) is 4.79 Å². The Morgan fingerprint density at radius 2 is 1.84 bits per heavy atom. The van der Waals surface area contributed by atoms with Gasteiger partial charge in [0.05, 0.1) is 11.4 Å². The van der Waals surface area contributed by atoms with Crippen LogP contribution in [0.1, 0.15) is 5.56 Å². The van der Waals surface area contributed by atoms with Gasteiger partial charge in [0.15, 0.2) is 0 Å². The van der Waals surface area contributed by atoms with Crippen molar-refractivity contribution in [3.8, 4) is 11.1 Å². The Balaban J connectivity index is 2.64. The van der Waals surface area contributed by atoms with E-state index in [4.69, 9.17) is 39.9 Å². The van der Waals surface area contributed by atoms with E-state index >= 15 is 0 Å². The first kappa shape index (κ1) is 14.1. The van der Waals surface area contributed by atoms with E-state index in [2.05, 4.69) is 4.98 Å². The van der Waals surface area contributed by atoms with Gasteiger partial charge in [0.2, 0.25) is 0 Å². The van der Waals surface area contributed by atoms with Crippen LogP contribution in [0.3, 0.4) is 0 Å². The van der Waals surface area contributed by atoms with Crippen LogP contribution in [-0.4, -0.2) is 16.1 Å². The summed E-state index contributed by atoms with van der Waals surface area (Å²) in [5.41, 5.74) is 1.65. The number of benzene rings is 1. The minimum Gasteiger partial charge on any atom is -0.481 e. The van der Waals surface area contributed by atoms with Crippen molar-refractivity contribution in [2.45, 2.75) is 6.42 Å². The Bertz CT molecular complexity index is 644. The highest BCUT2D eigenvalue weighted by molar-refractivity contribution is 6.36. The molecule has 1 heterocycles. The molecule has 0 aliphatic heterocycles. The third kappa shape index (κ3) is 3.18. The zero-order valence-electron chi connectivity index (χ0n) is 9.53. The summed E-state index contributed by atoms with van der Waals surface area (Å²) in [4.78, 5) is 14.9. The first-order valence-electron chi connectivity index (χ1n) is 5.28. The van der Waals surface area contributed by atoms with Crippen molar-refractivity contribution < 1.29 is 9.90 Å². The van der Waals surface area contributed by atoms with E-state index < -0.39 is 5.97 Å². The molecule has 0 aliphatic rings. The van der Waals surface area contributed by atoms with Crippen LogP contribution < -0.4 is 0 Å². The van der Waals surface area contributed by atoms with Gasteiger partial charge in [-0.3, -0.25) is 9.78 Å². The van der Waals surface area contributed by atoms with Crippen LogP contribution in [-0.2, 0) is 11.2 Å². The monoisotopic (exact) mass is 315 g/mol. The molecule has 0 spiro atoms. The zero-order valence-corrected chi connectivity index (χ0v) is 11.8. The first-order valence-corrected chi connectivity index (χ1v) is 6.42. The number of carbonyl (C=O) groups is 1. The Labute approximate surface area is 124 Å². The molecule has 0 atom stereocenters. The number of hydrogen-bond acceptors (Lipinski definition) is 2. The minimum atomic E-state index is -0.979. The normalized spacial score (nSPS) is 10.5. The van der Waals surface area contributed by atoms with Crippen molar-refractivity contribution in [3.63, 3.8) is 0 Å². The van der Waals surface area contributed by atoms with Crippen molar-refractivity contribution in [1.29, 1.82) is 0 Å². The highest BCUT2D eigenvalue weighted by atomic mass is 35.5. The number of aliphatic carboxylic acids is 1. The fourth-order valence-electron chi connectivity index (χ4n) is 1.73. The van der Waals surface area contributed by atoms with E-state index in [1.165, 1.54) is 12.4 Å². The number of halogens is 3. The van der Waals surface area contributed by atoms with Crippen LogP contribution in [0.2, 0.25) is 15.1 Å². The summed E-state index contributed by atoms with van der Waals surface area (Å²) >= 11 is 18.1. The van der Waals surface area contributed by atoms with Gasteiger partial charge in [0, 0.05) is 33.6 Å². The maximum absolute atomic E-state index is 10.9. The summed E-state index contributed by atoms with van der Waals surface area (Å²) in [7, 11) is 0. The fourth-order valence-corrected chi connectivity index (χ4v) is 2.35. The lowest BCUT2D eigenvalue weighted by Gasteiger charge is -2.11. The number of pyridine rings is 1. The molecule has 0 saturated carbocycles. The van der Waals surface area contributed by atoms with Gasteiger partial charge in [-0.05, 0) is 23.8 Å². The smallest absolute Gasteiger partial charge is 0.307 e. The molecule has 0 aliphatic carbocycles. The molecule has 3 nitrogen and oxygen atoms in total. The van der Waals surface area contributed by atoms with Crippen LogP contribution in [0.25, 0.3) is 11.1 Å². The van der Waals surface area contributed by atoms with E-state index in [1.54, 1.807) is 18.2 Å². The standard InChI is InChI=1S/C13H8Cl3NO2/c14-7-1-2-11(15)8(3-7)10-5-17-6-12(16)9(10)4-13(18)19/h1-3,5-6H,4H2,(H,18,19). The molecule has 0 bridgehead atoms. The maximum Gasteiger partial charge on any atom is 0.307 e. The van der Waals surface area contributed by atoms with Crippen molar-refractivity contribution in [1.82, 2.24) is 4.98 Å². The van der Waals surface area contributed by atoms with Crippen molar-refractivity contribution in [3.05, 3.63) is 51.2 Å². The largest absolute Gasteiger partial charge is 0.481 e. The summed E-state index contributed by atoms with van der Waals surface area (Å²) in [6.45, 7) is 0. The minimum absolute atomic E-state index is 0.209. The molecule has 2 aromatic rings. The maximum atomic E-state index is 10.9. The molecule has 1 aromatic heterocycles. The second-order valence-corrected chi connectivity index (χ2v) is 5.09. The lowest BCUT2D eigenvalue weighted by atomic mass is 10.00. The molecule has 0 amide bonds. The number of carboxylic acid groups (broad SMARTS) is 1. The van der Waals surface area contributed by atoms with E-state index in [0.29, 0.717) is 26.7 Å². The predicted molar refractivity (Wildman–Crippen MR) is 76.0 cm³/mol. The topological polar surface area (TPSA) is 50.2 Å². The number of hydrogen-bond donors (Lipinski definition) is 1. The Morgan fingerprint density at radius 3 is 2.53 bits per heavy atom. The lowest BCUT2D eigenvalue weighted by molar-refractivity contribution is -0.136. The second-order valence-electron chi connectivity index (χ2n) is 3.84. The fraction of sp³-hybridized carbons (Fsp3) is 0.0769. The predicted octanol–water partition coefficient (Wildman–Crippen LogP) is 4.34. The Hall–Kier alpha value is -1.29. The third-order valence-corrected chi connectivity index (χ3v) is 3.44. The second kappa shape index (κ2) is 5.78. The molecule has 2 rings (SSSR count). The van der Waals surface area contributed by atoms with Gasteiger partial charge >= 0.3 is 5.97 Å². The average Bonchev–Trinajstić information content (AvgIpc) is 2.34. The summed E-state index contributed by atoms with van der Waals surface area (Å²) < 4.78 is 0. The van der Waals surface area contributed by atoms with Crippen molar-refractivity contribution in [2.24, 2.45) is 0 Å². The summed E-state index contributed by atoms with van der Waals surface area (Å²) in [5, 5.41) is 10.2. The Morgan fingerprint density at radius 1 is 1.11 bits per heavy atom. The number of rotatable bonds is 3. The van der Waals surface area contributed by atoms with Crippen molar-refractivity contribution in [2.75, 3.05) is 0 Å². The summed E-state index contributed by atoms with van der Waals surface area (Å²) in [6, 6.07) is 4.95. The molecule has 6 heteroatoms. The SMILES string of the molecule is O=C(O)Cc1c(Cl)cncc1-c1cc(Cl)ccc1Cl. The van der Waals surface area contributed by atoms with E-state index in [1.807, 2.05) is 0 Å². The lowest BCUT2D eigenvalue weighted by Crippen LogP contribution is -2.03. The van der Waals surface area contributed by atoms with Gasteiger partial charge < -0.3 is 5.11 Å². The van der Waals surface area contributed by atoms with E-state index in [0.717, 1.165) is 0 Å². The molecule has 0 unspecified atom stereocenters. The van der Waals surface area contributed by atoms with Gasteiger partial charge in [-0.2, -0.15) is 0 Å². The molecular weight excluding hydrogens is 309 g/mol. The highest BCUT2D eigenvalue weighted by Gasteiger charge is 2.15. The number of carboxylic acids is 1. The van der Waals surface area contributed by atoms with E-state index in [-0.39, 0.29) is 11.4 Å². The molecule has 0 radical (unpaired) electrons. The molecule has 0 saturated heterocycles. The molecular formula is C13H8Cl3NO2. The summed E-state index contributed by atoms with van der Waals surface area (Å²) in [5.74, 6) is -0.979. The average molecular weight is 317 g/mol. The molecule has 98 valence electrons. The van der Waals surface area contributed by atoms with Gasteiger partial charge in [0.25, 0.3) is 0 Å². The molecule has 1 N–H and O–H groups in total. The third-order valence-electron chi connectivity index (χ3n) is 2.55. The number of nitrogens with zero attached hydrogens (tertiary/aromatic N) is 1. The van der Waals surface area contributed by atoms with Crippen molar-refractivity contribution >= 4 is 40.8 Å². The highest BCUT2D eigenvalue weighted by Crippen LogP contribution is 2.35. The quantitative estimate of drug-likeness (QED) is 0.916. The van der Waals surface area contributed by atoms with Crippen LogP contribution in [0.15, 0.2) is 30.6 Å². The summed E-state index contributed by atoms with van der Waals surface area (Å²) in [6.07, 6.45) is 2.73. The zero-order chi connectivity index (χ0) is 14.0. The Kier molecular flexibility index (Phi) is 4.30. The molecule has 1 aromatic carbocycles. The first-order chi connectivity index (χ1) is 8.99. The van der Waals surface area contributed by atoms with Gasteiger partial charge in [0.1, 0.15) is 0 Å². The van der Waals surface area contributed by atoms with Crippen LogP contribution >= 0.6 is 34.8 Å². The van der Waals surface area contributed by atoms with Gasteiger partial charge in [-0.1, -0.05) is 34.8 Å². The van der Waals surface area contributed by atoms with Crippen LogP contribution in [0.5, 0.6) is 0 Å². The molecule has 19 heavy (non-hydrogen) atoms. The number of aromatic nitrogens is 1. The van der Waals surface area contributed by atoms with Crippen LogP contribution in [0, 0.1) is 0 Å². The molecule has 0 fully saturated rings. The van der Waals surface area contributed by atoms with Gasteiger partial charge in [-0.25, -0.2) is 0 Å².